The van der Waals surface area contributed by atoms with E-state index in [0.717, 1.165) is 11.3 Å². The molecule has 0 aliphatic heterocycles. The van der Waals surface area contributed by atoms with Gasteiger partial charge in [-0.1, -0.05) is 54.6 Å². The fraction of sp³-hybridized carbons (Fsp3) is 0.107. The number of anilines is 1. The van der Waals surface area contributed by atoms with Gasteiger partial charge in [0, 0.05) is 36.9 Å². The van der Waals surface area contributed by atoms with Gasteiger partial charge in [0.05, 0.1) is 5.39 Å². The molecule has 0 saturated heterocycles. The molecule has 0 radical (unpaired) electrons. The molecule has 3 N–H and O–H groups in total. The van der Waals surface area contributed by atoms with Crippen LogP contribution in [-0.4, -0.2) is 42.3 Å². The van der Waals surface area contributed by atoms with Gasteiger partial charge in [-0.2, -0.15) is 10.2 Å². The number of allylic oxidation sites excluding steroid dienone is 1. The molecule has 0 saturated carbocycles. The van der Waals surface area contributed by atoms with Gasteiger partial charge in [0.15, 0.2) is 6.04 Å². The molecule has 4 aromatic rings. The fourth-order valence-electron chi connectivity index (χ4n) is 3.66. The molecule has 3 aromatic carbocycles. The Hall–Kier alpha value is -5.05. The van der Waals surface area contributed by atoms with Crippen molar-refractivity contribution in [3.8, 4) is 0 Å². The van der Waals surface area contributed by atoms with Crippen molar-refractivity contribution in [2.24, 2.45) is 5.10 Å². The van der Waals surface area contributed by atoms with E-state index < -0.39 is 23.4 Å². The van der Waals surface area contributed by atoms with Crippen molar-refractivity contribution in [1.29, 1.82) is 0 Å². The summed E-state index contributed by atoms with van der Waals surface area (Å²) in [6.45, 7) is 0. The highest BCUT2D eigenvalue weighted by atomic mass is 16.2. The predicted molar refractivity (Wildman–Crippen MR) is 145 cm³/mol. The lowest BCUT2D eigenvalue weighted by Gasteiger charge is -2.18. The standard InChI is InChI=1S/C28H26N6O3/c1-34(2)21-16-14-19(15-17-21)9-8-18-29-32-28(37)25(30-26(35)20-10-4-3-5-11-20)24-22-12-6-7-13-23(22)27(36)33-31-24/h3-18,25H,1-2H3,(H,30,35)(H,32,37)(H,33,36)/b9-8+,29-18-. The third kappa shape index (κ3) is 6.15. The molecule has 1 aromatic heterocycles. The van der Waals surface area contributed by atoms with E-state index in [0.29, 0.717) is 16.3 Å². The Morgan fingerprint density at radius 1 is 0.946 bits per heavy atom. The number of benzene rings is 3. The number of aromatic amines is 1. The largest absolute Gasteiger partial charge is 0.378 e. The van der Waals surface area contributed by atoms with Gasteiger partial charge in [0.25, 0.3) is 17.4 Å². The van der Waals surface area contributed by atoms with Crippen LogP contribution in [0, 0.1) is 0 Å². The first-order chi connectivity index (χ1) is 17.9. The normalized spacial score (nSPS) is 12.1. The number of H-pyrrole nitrogens is 1. The Kier molecular flexibility index (Phi) is 7.85. The number of nitrogens with one attached hydrogen (secondary N) is 3. The van der Waals surface area contributed by atoms with Gasteiger partial charge in [-0.25, -0.2) is 10.5 Å². The minimum Gasteiger partial charge on any atom is -0.378 e. The van der Waals surface area contributed by atoms with Crippen LogP contribution in [0.15, 0.2) is 94.8 Å². The molecule has 186 valence electrons. The van der Waals surface area contributed by atoms with E-state index in [4.69, 9.17) is 0 Å². The van der Waals surface area contributed by atoms with Crippen molar-refractivity contribution in [2.45, 2.75) is 6.04 Å². The Morgan fingerprint density at radius 3 is 2.32 bits per heavy atom. The van der Waals surface area contributed by atoms with Gasteiger partial charge in [0.1, 0.15) is 5.69 Å². The summed E-state index contributed by atoms with van der Waals surface area (Å²) in [5.74, 6) is -1.09. The molecule has 37 heavy (non-hydrogen) atoms. The molecular weight excluding hydrogens is 468 g/mol. The molecule has 9 heteroatoms. The van der Waals surface area contributed by atoms with Crippen molar-refractivity contribution < 1.29 is 9.59 Å². The van der Waals surface area contributed by atoms with Crippen LogP contribution in [0.1, 0.15) is 27.7 Å². The Morgan fingerprint density at radius 2 is 1.62 bits per heavy atom. The number of hydrogen-bond donors (Lipinski definition) is 3. The molecule has 0 fully saturated rings. The van der Waals surface area contributed by atoms with Crippen LogP contribution in [0.3, 0.4) is 0 Å². The van der Waals surface area contributed by atoms with Gasteiger partial charge in [0.2, 0.25) is 0 Å². The van der Waals surface area contributed by atoms with E-state index in [-0.39, 0.29) is 5.69 Å². The number of nitrogens with zero attached hydrogens (tertiary/aromatic N) is 3. The summed E-state index contributed by atoms with van der Waals surface area (Å²) < 4.78 is 0. The lowest BCUT2D eigenvalue weighted by molar-refractivity contribution is -0.123. The zero-order valence-corrected chi connectivity index (χ0v) is 20.4. The van der Waals surface area contributed by atoms with Crippen LogP contribution >= 0.6 is 0 Å². The average Bonchev–Trinajstić information content (AvgIpc) is 2.92. The lowest BCUT2D eigenvalue weighted by Crippen LogP contribution is -2.40. The maximum absolute atomic E-state index is 13.2. The Labute approximate surface area is 213 Å². The van der Waals surface area contributed by atoms with E-state index in [1.807, 2.05) is 49.3 Å². The van der Waals surface area contributed by atoms with Crippen molar-refractivity contribution in [2.75, 3.05) is 19.0 Å². The first-order valence-corrected chi connectivity index (χ1v) is 11.5. The summed E-state index contributed by atoms with van der Waals surface area (Å²) in [7, 11) is 3.95. The second kappa shape index (κ2) is 11.6. The van der Waals surface area contributed by atoms with Crippen molar-refractivity contribution in [3.05, 3.63) is 112 Å². The van der Waals surface area contributed by atoms with Gasteiger partial charge >= 0.3 is 0 Å². The summed E-state index contributed by atoms with van der Waals surface area (Å²) in [6.07, 6.45) is 4.98. The lowest BCUT2D eigenvalue weighted by atomic mass is 10.0. The maximum Gasteiger partial charge on any atom is 0.272 e. The molecule has 9 nitrogen and oxygen atoms in total. The number of fused-ring (bicyclic) bond motifs is 1. The zero-order chi connectivity index (χ0) is 26.2. The van der Waals surface area contributed by atoms with Crippen molar-refractivity contribution in [3.63, 3.8) is 0 Å². The third-order valence-electron chi connectivity index (χ3n) is 5.61. The van der Waals surface area contributed by atoms with Crippen LogP contribution in [0.2, 0.25) is 0 Å². The number of hydrogen-bond acceptors (Lipinski definition) is 6. The number of aromatic nitrogens is 2. The fourth-order valence-corrected chi connectivity index (χ4v) is 3.66. The van der Waals surface area contributed by atoms with E-state index in [1.54, 1.807) is 60.7 Å². The molecule has 0 aliphatic rings. The van der Waals surface area contributed by atoms with Crippen LogP contribution in [0.4, 0.5) is 5.69 Å². The summed E-state index contributed by atoms with van der Waals surface area (Å²) >= 11 is 0. The molecule has 0 spiro atoms. The van der Waals surface area contributed by atoms with Crippen LogP contribution in [-0.2, 0) is 4.79 Å². The van der Waals surface area contributed by atoms with Crippen LogP contribution in [0.25, 0.3) is 16.8 Å². The zero-order valence-electron chi connectivity index (χ0n) is 20.4. The maximum atomic E-state index is 13.2. The SMILES string of the molecule is CN(C)c1ccc(/C=C/C=N\NC(=O)C(NC(=O)c2ccccc2)c2n[nH]c(=O)c3ccccc23)cc1. The Balaban J connectivity index is 1.55. The van der Waals surface area contributed by atoms with Crippen LogP contribution in [0.5, 0.6) is 0 Å². The van der Waals surface area contributed by atoms with E-state index in [9.17, 15) is 14.4 Å². The van der Waals surface area contributed by atoms with Gasteiger partial charge in [-0.3, -0.25) is 14.4 Å². The highest BCUT2D eigenvalue weighted by molar-refractivity contribution is 5.99. The average molecular weight is 495 g/mol. The summed E-state index contributed by atoms with van der Waals surface area (Å²) in [4.78, 5) is 40.3. The van der Waals surface area contributed by atoms with E-state index in [2.05, 4.69) is 26.0 Å². The Bertz CT molecular complexity index is 1510. The minimum absolute atomic E-state index is 0.198. The number of carbonyl (C=O) groups excluding carboxylic acids is 2. The molecule has 4 rings (SSSR count). The minimum atomic E-state index is -1.21. The number of hydrazone groups is 1. The molecule has 0 bridgehead atoms. The number of rotatable bonds is 8. The second-order valence-corrected chi connectivity index (χ2v) is 8.36. The molecule has 1 heterocycles. The summed E-state index contributed by atoms with van der Waals surface area (Å²) in [5.41, 5.74) is 4.69. The highest BCUT2D eigenvalue weighted by Crippen LogP contribution is 2.20. The first-order valence-electron chi connectivity index (χ1n) is 11.5. The highest BCUT2D eigenvalue weighted by Gasteiger charge is 2.27. The van der Waals surface area contributed by atoms with E-state index >= 15 is 0 Å². The van der Waals surface area contributed by atoms with Gasteiger partial charge < -0.3 is 10.2 Å². The summed E-state index contributed by atoms with van der Waals surface area (Å²) in [5, 5.41) is 14.0. The third-order valence-corrected chi connectivity index (χ3v) is 5.61. The smallest absolute Gasteiger partial charge is 0.272 e. The van der Waals surface area contributed by atoms with E-state index in [1.165, 1.54) is 6.21 Å². The van der Waals surface area contributed by atoms with Crippen LogP contribution < -0.4 is 21.2 Å². The molecule has 1 unspecified atom stereocenters. The number of amides is 2. The molecule has 2 amide bonds. The number of carbonyl (C=O) groups is 2. The predicted octanol–water partition coefficient (Wildman–Crippen LogP) is 3.28. The first kappa shape index (κ1) is 25.1. The topological polar surface area (TPSA) is 120 Å². The summed E-state index contributed by atoms with van der Waals surface area (Å²) in [6, 6.07) is 22.0. The quantitative estimate of drug-likeness (QED) is 0.257. The van der Waals surface area contributed by atoms with Crippen molar-refractivity contribution >= 4 is 40.6 Å². The monoisotopic (exact) mass is 494 g/mol. The van der Waals surface area contributed by atoms with Crippen molar-refractivity contribution in [1.82, 2.24) is 20.9 Å². The van der Waals surface area contributed by atoms with Gasteiger partial charge in [-0.05, 0) is 42.0 Å². The second-order valence-electron chi connectivity index (χ2n) is 8.36. The molecular formula is C28H26N6O3. The molecule has 0 aliphatic carbocycles. The molecule has 1 atom stereocenters. The van der Waals surface area contributed by atoms with Gasteiger partial charge in [-0.15, -0.1) is 0 Å².